The first kappa shape index (κ1) is 20.7. The van der Waals surface area contributed by atoms with Crippen molar-refractivity contribution in [2.75, 3.05) is 72.8 Å². The van der Waals surface area contributed by atoms with E-state index in [4.69, 9.17) is 4.74 Å². The summed E-state index contributed by atoms with van der Waals surface area (Å²) in [5.41, 5.74) is 0. The average molecular weight is 364 g/mol. The number of hydrogen-bond donors (Lipinski definition) is 0. The first-order valence-corrected chi connectivity index (χ1v) is 9.79. The van der Waals surface area contributed by atoms with E-state index in [2.05, 4.69) is 0 Å². The summed E-state index contributed by atoms with van der Waals surface area (Å²) in [5, 5.41) is 0. The Morgan fingerprint density at radius 1 is 1.04 bits per heavy atom. The van der Waals surface area contributed by atoms with E-state index in [1.54, 1.807) is 16.7 Å². The molecule has 1 fully saturated rings. The third-order valence-corrected chi connectivity index (χ3v) is 4.99. The van der Waals surface area contributed by atoms with Crippen LogP contribution >= 0.6 is 0 Å². The van der Waals surface area contributed by atoms with Crippen molar-refractivity contribution >= 4 is 22.0 Å². The maximum atomic E-state index is 12.4. The van der Waals surface area contributed by atoms with Crippen molar-refractivity contribution in [3.05, 3.63) is 0 Å². The molecule has 0 aromatic rings. The Kier molecular flexibility index (Phi) is 7.91. The highest BCUT2D eigenvalue weighted by Gasteiger charge is 2.28. The Bertz CT molecular complexity index is 529. The van der Waals surface area contributed by atoms with Crippen molar-refractivity contribution in [1.29, 1.82) is 0 Å². The molecule has 9 nitrogen and oxygen atoms in total. The fourth-order valence-corrected chi connectivity index (χ4v) is 3.04. The van der Waals surface area contributed by atoms with Crippen LogP contribution in [0.4, 0.5) is 4.79 Å². The summed E-state index contributed by atoms with van der Waals surface area (Å²) in [5.74, 6) is -0.248. The molecule has 1 aliphatic heterocycles. The normalized spacial score (nSPS) is 15.9. The van der Waals surface area contributed by atoms with Gasteiger partial charge in [-0.15, -0.1) is 0 Å². The van der Waals surface area contributed by atoms with E-state index in [0.29, 0.717) is 39.3 Å². The lowest BCUT2D eigenvalue weighted by Crippen LogP contribution is -2.53. The molecular formula is C14H28N4O5S. The predicted octanol–water partition coefficient (Wildman–Crippen LogP) is -0.890. The van der Waals surface area contributed by atoms with Crippen molar-refractivity contribution in [2.45, 2.75) is 6.92 Å². The van der Waals surface area contributed by atoms with Crippen molar-refractivity contribution in [3.8, 4) is 0 Å². The second-order valence-electron chi connectivity index (χ2n) is 5.97. The standard InChI is InChI=1S/C14H28N4O5S/c1-5-23-14(20)17-9-7-16(8-10-17)13(19)12-18(24(4,21)22)11-6-15(2)3/h5-12H2,1-4H3. The Morgan fingerprint density at radius 3 is 2.04 bits per heavy atom. The summed E-state index contributed by atoms with van der Waals surface area (Å²) in [6, 6.07) is 0. The zero-order valence-electron chi connectivity index (χ0n) is 14.9. The molecule has 0 saturated carbocycles. The van der Waals surface area contributed by atoms with E-state index >= 15 is 0 Å². The summed E-state index contributed by atoms with van der Waals surface area (Å²) < 4.78 is 29.8. The molecule has 10 heteroatoms. The number of nitrogens with zero attached hydrogens (tertiary/aromatic N) is 4. The van der Waals surface area contributed by atoms with Crippen molar-refractivity contribution in [2.24, 2.45) is 0 Å². The van der Waals surface area contributed by atoms with Gasteiger partial charge in [0.1, 0.15) is 0 Å². The van der Waals surface area contributed by atoms with Crippen LogP contribution in [-0.2, 0) is 19.6 Å². The summed E-state index contributed by atoms with van der Waals surface area (Å²) in [4.78, 5) is 29.0. The third-order valence-electron chi connectivity index (χ3n) is 3.74. The molecule has 0 aromatic heterocycles. The van der Waals surface area contributed by atoms with Gasteiger partial charge in [0.2, 0.25) is 15.9 Å². The van der Waals surface area contributed by atoms with Gasteiger partial charge in [0.05, 0.1) is 19.4 Å². The fourth-order valence-electron chi connectivity index (χ4n) is 2.28. The molecule has 0 N–H and O–H groups in total. The molecule has 1 heterocycles. The molecule has 0 bridgehead atoms. The summed E-state index contributed by atoms with van der Waals surface area (Å²) in [6.07, 6.45) is 0.725. The second kappa shape index (κ2) is 9.19. The first-order valence-electron chi connectivity index (χ1n) is 7.94. The fraction of sp³-hybridized carbons (Fsp3) is 0.857. The molecule has 0 unspecified atom stereocenters. The van der Waals surface area contributed by atoms with Crippen molar-refractivity contribution in [3.63, 3.8) is 0 Å². The van der Waals surface area contributed by atoms with Gasteiger partial charge in [-0.1, -0.05) is 0 Å². The van der Waals surface area contributed by atoms with Gasteiger partial charge in [0.15, 0.2) is 0 Å². The Hall–Kier alpha value is -1.39. The molecule has 0 radical (unpaired) electrons. The van der Waals surface area contributed by atoms with E-state index < -0.39 is 10.0 Å². The van der Waals surface area contributed by atoms with Crippen molar-refractivity contribution in [1.82, 2.24) is 19.0 Å². The minimum Gasteiger partial charge on any atom is -0.450 e. The first-order chi connectivity index (χ1) is 11.1. The van der Waals surface area contributed by atoms with E-state index in [9.17, 15) is 18.0 Å². The number of rotatable bonds is 7. The number of piperazine rings is 1. The zero-order chi connectivity index (χ0) is 18.3. The lowest BCUT2D eigenvalue weighted by Gasteiger charge is -2.35. The summed E-state index contributed by atoms with van der Waals surface area (Å²) in [6.45, 7) is 4.22. The van der Waals surface area contributed by atoms with Gasteiger partial charge >= 0.3 is 6.09 Å². The van der Waals surface area contributed by atoms with Crippen LogP contribution in [0.5, 0.6) is 0 Å². The number of amides is 2. The van der Waals surface area contributed by atoms with Crippen LogP contribution in [0.1, 0.15) is 6.92 Å². The van der Waals surface area contributed by atoms with Gasteiger partial charge < -0.3 is 19.4 Å². The smallest absolute Gasteiger partial charge is 0.409 e. The highest BCUT2D eigenvalue weighted by Crippen LogP contribution is 2.06. The van der Waals surface area contributed by atoms with Crippen LogP contribution in [0, 0.1) is 0 Å². The van der Waals surface area contributed by atoms with Crippen LogP contribution in [0.25, 0.3) is 0 Å². The van der Waals surface area contributed by atoms with E-state index in [-0.39, 0.29) is 25.1 Å². The molecule has 140 valence electrons. The number of carbonyl (C=O) groups excluding carboxylic acids is 2. The van der Waals surface area contributed by atoms with E-state index in [0.717, 1.165) is 6.26 Å². The molecule has 2 amide bonds. The highest BCUT2D eigenvalue weighted by atomic mass is 32.2. The molecule has 1 aliphatic rings. The van der Waals surface area contributed by atoms with Crippen molar-refractivity contribution < 1.29 is 22.7 Å². The van der Waals surface area contributed by atoms with Crippen LogP contribution in [0.3, 0.4) is 0 Å². The number of carbonyl (C=O) groups is 2. The quantitative estimate of drug-likeness (QED) is 0.582. The topological polar surface area (TPSA) is 90.5 Å². The molecule has 0 aromatic carbocycles. The predicted molar refractivity (Wildman–Crippen MR) is 90.1 cm³/mol. The van der Waals surface area contributed by atoms with Crippen LogP contribution < -0.4 is 0 Å². The summed E-state index contributed by atoms with van der Waals surface area (Å²) >= 11 is 0. The molecule has 24 heavy (non-hydrogen) atoms. The molecule has 1 rings (SSSR count). The zero-order valence-corrected chi connectivity index (χ0v) is 15.7. The van der Waals surface area contributed by atoms with Gasteiger partial charge in [-0.05, 0) is 21.0 Å². The second-order valence-corrected chi connectivity index (χ2v) is 7.95. The Labute approximate surface area is 144 Å². The van der Waals surface area contributed by atoms with Crippen LogP contribution in [0.2, 0.25) is 0 Å². The molecular weight excluding hydrogens is 336 g/mol. The Morgan fingerprint density at radius 2 is 1.58 bits per heavy atom. The van der Waals surface area contributed by atoms with E-state index in [1.807, 2.05) is 19.0 Å². The number of sulfonamides is 1. The maximum absolute atomic E-state index is 12.4. The van der Waals surface area contributed by atoms with E-state index in [1.165, 1.54) is 4.31 Å². The highest BCUT2D eigenvalue weighted by molar-refractivity contribution is 7.88. The molecule has 0 atom stereocenters. The lowest BCUT2D eigenvalue weighted by atomic mass is 10.3. The number of likely N-dealkylation sites (N-methyl/N-ethyl adjacent to an activating group) is 1. The summed E-state index contributed by atoms with van der Waals surface area (Å²) in [7, 11) is 0.237. The minimum atomic E-state index is -3.45. The number of hydrogen-bond acceptors (Lipinski definition) is 6. The molecule has 1 saturated heterocycles. The van der Waals surface area contributed by atoms with Gasteiger partial charge in [0.25, 0.3) is 0 Å². The monoisotopic (exact) mass is 364 g/mol. The molecule has 0 aliphatic carbocycles. The largest absolute Gasteiger partial charge is 0.450 e. The van der Waals surface area contributed by atoms with Gasteiger partial charge in [-0.25, -0.2) is 13.2 Å². The van der Waals surface area contributed by atoms with Gasteiger partial charge in [0, 0.05) is 39.3 Å². The van der Waals surface area contributed by atoms with Crippen LogP contribution in [0.15, 0.2) is 0 Å². The molecule has 0 spiro atoms. The third kappa shape index (κ3) is 6.62. The average Bonchev–Trinajstić information content (AvgIpc) is 2.50. The SMILES string of the molecule is CCOC(=O)N1CCN(C(=O)CN(CCN(C)C)S(C)(=O)=O)CC1. The van der Waals surface area contributed by atoms with Crippen LogP contribution in [-0.4, -0.2) is 112 Å². The van der Waals surface area contributed by atoms with Gasteiger partial charge in [-0.3, -0.25) is 4.79 Å². The maximum Gasteiger partial charge on any atom is 0.409 e. The Balaban J connectivity index is 2.56. The van der Waals surface area contributed by atoms with Gasteiger partial charge in [-0.2, -0.15) is 4.31 Å². The number of ether oxygens (including phenoxy) is 1. The minimum absolute atomic E-state index is 0.175. The lowest BCUT2D eigenvalue weighted by molar-refractivity contribution is -0.133.